The number of carboxylic acids is 1. The lowest BCUT2D eigenvalue weighted by atomic mass is 9.62. The maximum Gasteiger partial charge on any atom is 0.321 e. The van der Waals surface area contributed by atoms with Gasteiger partial charge in [0.05, 0.1) is 5.02 Å². The zero-order valence-electron chi connectivity index (χ0n) is 17.3. The topological polar surface area (TPSA) is 78.4 Å². The lowest BCUT2D eigenvalue weighted by Crippen LogP contribution is -2.49. The van der Waals surface area contributed by atoms with Gasteiger partial charge in [-0.3, -0.25) is 14.9 Å². The Balaban J connectivity index is 2.04. The van der Waals surface area contributed by atoms with E-state index in [2.05, 4.69) is 10.6 Å². The van der Waals surface area contributed by atoms with Crippen molar-refractivity contribution < 1.29 is 19.1 Å². The molecule has 5 nitrogen and oxygen atoms in total. The van der Waals surface area contributed by atoms with Crippen molar-refractivity contribution >= 4 is 40.8 Å². The van der Waals surface area contributed by atoms with Crippen LogP contribution in [0.1, 0.15) is 44.2 Å². The second kappa shape index (κ2) is 7.47. The van der Waals surface area contributed by atoms with Gasteiger partial charge in [0.2, 0.25) is 5.91 Å². The third-order valence-electron chi connectivity index (χ3n) is 6.20. The van der Waals surface area contributed by atoms with Crippen LogP contribution in [0.4, 0.5) is 10.1 Å². The van der Waals surface area contributed by atoms with E-state index in [-0.39, 0.29) is 21.9 Å². The molecule has 1 unspecified atom stereocenters. The number of carbonyl (C=O) groups excluding carboxylic acids is 1. The zero-order valence-corrected chi connectivity index (χ0v) is 18.8. The molecule has 0 aliphatic carbocycles. The Morgan fingerprint density at radius 1 is 1.23 bits per heavy atom. The number of hydrogen-bond acceptors (Lipinski definition) is 3. The van der Waals surface area contributed by atoms with Gasteiger partial charge in [0.15, 0.2) is 0 Å². The van der Waals surface area contributed by atoms with Crippen LogP contribution in [0.2, 0.25) is 10.0 Å². The SMILES string of the molecule is CC(C)(C)C[C@H]1N[C@H](C(=O)O)[C@@H](c2cccc(Cl)c2F)C12C(=O)Nc1cc(Cl)ccc12. The summed E-state index contributed by atoms with van der Waals surface area (Å²) in [6.45, 7) is 6.04. The monoisotopic (exact) mass is 464 g/mol. The summed E-state index contributed by atoms with van der Waals surface area (Å²) < 4.78 is 15.3. The lowest BCUT2D eigenvalue weighted by molar-refractivity contribution is -0.139. The highest BCUT2D eigenvalue weighted by atomic mass is 35.5. The summed E-state index contributed by atoms with van der Waals surface area (Å²) >= 11 is 12.2. The molecule has 8 heteroatoms. The molecule has 1 amide bonds. The minimum atomic E-state index is -1.35. The zero-order chi connectivity index (χ0) is 22.7. The predicted molar refractivity (Wildman–Crippen MR) is 118 cm³/mol. The smallest absolute Gasteiger partial charge is 0.321 e. The third kappa shape index (κ3) is 3.41. The molecule has 3 N–H and O–H groups in total. The lowest BCUT2D eigenvalue weighted by Gasteiger charge is -2.37. The largest absolute Gasteiger partial charge is 0.480 e. The molecule has 0 bridgehead atoms. The highest BCUT2D eigenvalue weighted by Gasteiger charge is 2.66. The molecule has 4 atom stereocenters. The maximum atomic E-state index is 15.3. The van der Waals surface area contributed by atoms with E-state index < -0.39 is 35.2 Å². The van der Waals surface area contributed by atoms with Crippen LogP contribution in [0.25, 0.3) is 0 Å². The molecule has 0 saturated carbocycles. The second-order valence-electron chi connectivity index (χ2n) is 9.43. The number of carboxylic acid groups (broad SMARTS) is 1. The van der Waals surface area contributed by atoms with Gasteiger partial charge in [-0.1, -0.05) is 62.2 Å². The van der Waals surface area contributed by atoms with E-state index in [1.165, 1.54) is 12.1 Å². The number of carbonyl (C=O) groups is 2. The van der Waals surface area contributed by atoms with Crippen molar-refractivity contribution in [1.82, 2.24) is 5.32 Å². The van der Waals surface area contributed by atoms with Gasteiger partial charge < -0.3 is 10.4 Å². The third-order valence-corrected chi connectivity index (χ3v) is 6.73. The van der Waals surface area contributed by atoms with Crippen molar-refractivity contribution in [3.8, 4) is 0 Å². The molecule has 2 aromatic carbocycles. The van der Waals surface area contributed by atoms with Crippen LogP contribution < -0.4 is 10.6 Å². The quantitative estimate of drug-likeness (QED) is 0.599. The molecular weight excluding hydrogens is 442 g/mol. The van der Waals surface area contributed by atoms with Crippen LogP contribution in [-0.4, -0.2) is 29.1 Å². The van der Waals surface area contributed by atoms with Gasteiger partial charge >= 0.3 is 5.97 Å². The van der Waals surface area contributed by atoms with Crippen LogP contribution in [0.3, 0.4) is 0 Å². The number of hydrogen-bond donors (Lipinski definition) is 3. The molecule has 0 radical (unpaired) electrons. The predicted octanol–water partition coefficient (Wildman–Crippen LogP) is 4.97. The standard InChI is InChI=1S/C23H23Cl2FN2O3/c1-22(2,3)10-16-23(13-8-7-11(24)9-15(13)27-21(23)31)17(19(28-16)20(29)30)12-5-4-6-14(25)18(12)26/h4-9,16-17,19,28H,10H2,1-3H3,(H,27,31)(H,29,30)/t16-,17-,19+,23?/m1/s1. The summed E-state index contributed by atoms with van der Waals surface area (Å²) in [6, 6.07) is 7.76. The molecule has 2 aliphatic rings. The van der Waals surface area contributed by atoms with Gasteiger partial charge in [0, 0.05) is 22.7 Å². The molecule has 2 heterocycles. The molecule has 31 heavy (non-hydrogen) atoms. The highest BCUT2D eigenvalue weighted by molar-refractivity contribution is 6.31. The number of benzene rings is 2. The van der Waals surface area contributed by atoms with E-state index in [4.69, 9.17) is 23.2 Å². The van der Waals surface area contributed by atoms with E-state index >= 15 is 4.39 Å². The fourth-order valence-corrected chi connectivity index (χ4v) is 5.49. The molecule has 1 saturated heterocycles. The Labute approximate surface area is 189 Å². The van der Waals surface area contributed by atoms with Crippen LogP contribution in [0.5, 0.6) is 0 Å². The molecule has 164 valence electrons. The molecule has 1 spiro atoms. The first-order chi connectivity index (χ1) is 14.5. The number of anilines is 1. The van der Waals surface area contributed by atoms with Gasteiger partial charge in [0.1, 0.15) is 17.3 Å². The first-order valence-corrected chi connectivity index (χ1v) is 10.8. The molecule has 4 rings (SSSR count). The average Bonchev–Trinajstić information content (AvgIpc) is 3.12. The van der Waals surface area contributed by atoms with Crippen molar-refractivity contribution in [3.63, 3.8) is 0 Å². The summed E-state index contributed by atoms with van der Waals surface area (Å²) in [7, 11) is 0. The molecule has 0 aromatic heterocycles. The van der Waals surface area contributed by atoms with E-state index in [1.807, 2.05) is 20.8 Å². The Bertz CT molecular complexity index is 1080. The maximum absolute atomic E-state index is 15.3. The summed E-state index contributed by atoms with van der Waals surface area (Å²) in [6.07, 6.45) is 0.491. The van der Waals surface area contributed by atoms with Crippen molar-refractivity contribution in [2.75, 3.05) is 5.32 Å². The Morgan fingerprint density at radius 3 is 2.58 bits per heavy atom. The number of fused-ring (bicyclic) bond motifs is 2. The normalized spacial score (nSPS) is 27.4. The van der Waals surface area contributed by atoms with Gasteiger partial charge in [-0.2, -0.15) is 0 Å². The van der Waals surface area contributed by atoms with E-state index in [9.17, 15) is 14.7 Å². The Hall–Kier alpha value is -2.15. The van der Waals surface area contributed by atoms with Crippen molar-refractivity contribution in [1.29, 1.82) is 0 Å². The second-order valence-corrected chi connectivity index (χ2v) is 10.3. The number of aliphatic carboxylic acids is 1. The molecule has 2 aliphatic heterocycles. The van der Waals surface area contributed by atoms with E-state index in [1.54, 1.807) is 24.3 Å². The van der Waals surface area contributed by atoms with Gasteiger partial charge in [-0.25, -0.2) is 4.39 Å². The minimum absolute atomic E-state index is 0.0989. The molecule has 2 aromatic rings. The number of rotatable bonds is 3. The number of amides is 1. The van der Waals surface area contributed by atoms with E-state index in [0.717, 1.165) is 0 Å². The summed E-state index contributed by atoms with van der Waals surface area (Å²) in [5.74, 6) is -3.26. The Kier molecular flexibility index (Phi) is 5.31. The van der Waals surface area contributed by atoms with Gasteiger partial charge in [-0.15, -0.1) is 0 Å². The average molecular weight is 465 g/mol. The number of halogens is 3. The summed E-state index contributed by atoms with van der Waals surface area (Å²) in [5, 5.41) is 16.4. The van der Waals surface area contributed by atoms with Crippen LogP contribution in [0.15, 0.2) is 36.4 Å². The van der Waals surface area contributed by atoms with Crippen molar-refractivity contribution in [3.05, 3.63) is 63.4 Å². The van der Waals surface area contributed by atoms with Gasteiger partial charge in [0.25, 0.3) is 0 Å². The fraction of sp³-hybridized carbons (Fsp3) is 0.391. The Morgan fingerprint density at radius 2 is 1.94 bits per heavy atom. The summed E-state index contributed by atoms with van der Waals surface area (Å²) in [5.41, 5.74) is -0.359. The van der Waals surface area contributed by atoms with Crippen molar-refractivity contribution in [2.24, 2.45) is 5.41 Å². The van der Waals surface area contributed by atoms with Crippen molar-refractivity contribution in [2.45, 2.75) is 50.6 Å². The van der Waals surface area contributed by atoms with Gasteiger partial charge in [-0.05, 0) is 41.2 Å². The summed E-state index contributed by atoms with van der Waals surface area (Å²) in [4.78, 5) is 26.0. The van der Waals surface area contributed by atoms with Crippen LogP contribution >= 0.6 is 23.2 Å². The van der Waals surface area contributed by atoms with Crippen LogP contribution in [-0.2, 0) is 15.0 Å². The first-order valence-electron chi connectivity index (χ1n) is 10.0. The number of nitrogens with one attached hydrogen (secondary N) is 2. The fourth-order valence-electron chi connectivity index (χ4n) is 5.14. The molecular formula is C23H23Cl2FN2O3. The first kappa shape index (κ1) is 22.1. The highest BCUT2D eigenvalue weighted by Crippen LogP contribution is 2.57. The minimum Gasteiger partial charge on any atom is -0.480 e. The van der Waals surface area contributed by atoms with E-state index in [0.29, 0.717) is 22.7 Å². The van der Waals surface area contributed by atoms with Crippen LogP contribution in [0, 0.1) is 11.2 Å². The molecule has 1 fully saturated rings.